The van der Waals surface area contributed by atoms with E-state index < -0.39 is 72.9 Å². The van der Waals surface area contributed by atoms with Crippen LogP contribution < -0.4 is 28.2 Å². The number of hydrogen-bond donors (Lipinski definition) is 13. The monoisotopic (exact) mass is 1010 g/mol. The van der Waals surface area contributed by atoms with Crippen molar-refractivity contribution >= 4 is 68.9 Å². The van der Waals surface area contributed by atoms with Gasteiger partial charge in [-0.2, -0.15) is 17.7 Å². The molecule has 0 saturated heterocycles. The van der Waals surface area contributed by atoms with Crippen LogP contribution in [-0.2, 0) is 51.3 Å². The molecule has 0 aromatic carbocycles. The number of rotatable bonds is 25. The summed E-state index contributed by atoms with van der Waals surface area (Å²) in [6.07, 6.45) is -3.62. The molecule has 0 radical (unpaired) electrons. The largest absolute Gasteiger partial charge is 0.509 e. The number of nitrogens with two attached hydrogens (primary N) is 3. The van der Waals surface area contributed by atoms with Crippen molar-refractivity contribution in [2.24, 2.45) is 17.4 Å². The minimum absolute atomic E-state index is 0.00119. The van der Waals surface area contributed by atoms with E-state index in [0.717, 1.165) is 50.6 Å². The van der Waals surface area contributed by atoms with Crippen LogP contribution in [0.5, 0.6) is 0 Å². The van der Waals surface area contributed by atoms with Gasteiger partial charge in [0.25, 0.3) is 5.88 Å². The van der Waals surface area contributed by atoms with Crippen LogP contribution >= 0.6 is 11.8 Å². The summed E-state index contributed by atoms with van der Waals surface area (Å²) < 4.78 is 10.7. The zero-order valence-corrected chi connectivity index (χ0v) is 41.0. The number of carbonyl (C=O) groups is 3. The highest BCUT2D eigenvalue weighted by molar-refractivity contribution is 7.99. The van der Waals surface area contributed by atoms with Crippen molar-refractivity contribution in [1.82, 2.24) is 30.7 Å². The fourth-order valence-corrected chi connectivity index (χ4v) is 9.43. The number of methoxy groups -OCH3 is 1. The van der Waals surface area contributed by atoms with E-state index >= 15 is 0 Å². The van der Waals surface area contributed by atoms with E-state index in [9.17, 15) is 45.2 Å². The van der Waals surface area contributed by atoms with Crippen molar-refractivity contribution in [3.8, 4) is 0 Å². The number of carboxylic acid groups (broad SMARTS) is 2. The molecule has 8 bridgehead atoms. The maximum atomic E-state index is 13.5. The van der Waals surface area contributed by atoms with Crippen LogP contribution in [0.3, 0.4) is 0 Å². The summed E-state index contributed by atoms with van der Waals surface area (Å²) >= 11 is 1.27. The van der Waals surface area contributed by atoms with Gasteiger partial charge in [-0.15, -0.1) is 0 Å². The summed E-state index contributed by atoms with van der Waals surface area (Å²) in [4.78, 5) is 69.9. The topological polar surface area (TPSA) is 378 Å². The van der Waals surface area contributed by atoms with E-state index in [2.05, 4.69) is 37.1 Å². The third-order valence-corrected chi connectivity index (χ3v) is 13.4. The number of H-pyrrole nitrogens is 2. The van der Waals surface area contributed by atoms with Crippen molar-refractivity contribution in [1.29, 1.82) is 0 Å². The van der Waals surface area contributed by atoms with Crippen molar-refractivity contribution in [3.63, 3.8) is 0 Å². The Morgan fingerprint density at radius 2 is 1.72 bits per heavy atom. The van der Waals surface area contributed by atoms with Gasteiger partial charge in [0, 0.05) is 82.3 Å². The van der Waals surface area contributed by atoms with Crippen molar-refractivity contribution < 1.29 is 69.2 Å². The van der Waals surface area contributed by atoms with Crippen LogP contribution in [0.2, 0.25) is 0 Å². The number of hydroxylamine groups is 1. The Balaban J connectivity index is 1.37. The van der Waals surface area contributed by atoms with E-state index in [-0.39, 0.29) is 53.8 Å². The number of aliphatic carboxylic acids is 2. The van der Waals surface area contributed by atoms with Gasteiger partial charge in [-0.05, 0) is 74.1 Å². The molecule has 5 heterocycles. The lowest BCUT2D eigenvalue weighted by atomic mass is 9.84. The second-order valence-electron chi connectivity index (χ2n) is 16.7. The van der Waals surface area contributed by atoms with E-state index in [4.69, 9.17) is 41.6 Å². The first-order valence-electron chi connectivity index (χ1n) is 22.4. The molecule has 5 rings (SSSR count). The molecular weight excluding hydrogens is 947 g/mol. The standard InChI is InChI=1S/C47H63N9O14S/c1-8-25-21(3)29-15-31-23(5)27(10-11-37(58)51-12-13-71-20-36(66-7)44(70-65)47(64)68-38(19-67-50)56-69-46(63)41(49)35(57)18-48)42(54-31)28(14-39(59)60)43-40(45(61)62)24(6)32(55-43)17-34-26(9-2)22(4)30(53-34)16-33(25)52-29/h8,15-17,19,23,27,36,44,46-47,52-53,56-57,63-65H,1,9-14,18,20,48-50H2,2-7H3,(H,51,58)(H,59,60)(H,61,62)/b29-15?,30-16?,31-15?,32-17?,33-16?,34-17?,38-19-,41-35-,42-28?,43-28?/t23-,27?,36?,44?,46?,47?/m0/s1. The number of carboxylic acids is 2. The molecule has 23 nitrogen and oxygen atoms in total. The normalized spacial score (nSPS) is 17.0. The first kappa shape index (κ1) is 55.4. The van der Waals surface area contributed by atoms with Crippen LogP contribution in [0.4, 0.5) is 0 Å². The van der Waals surface area contributed by atoms with Gasteiger partial charge in [-0.3, -0.25) is 19.8 Å². The van der Waals surface area contributed by atoms with Gasteiger partial charge in [0.15, 0.2) is 12.4 Å². The Hall–Kier alpha value is -6.48. The number of hydrogen-bond acceptors (Lipinski definition) is 19. The van der Waals surface area contributed by atoms with Gasteiger partial charge in [-0.25, -0.2) is 25.0 Å². The Bertz CT molecular complexity index is 2740. The first-order valence-corrected chi connectivity index (χ1v) is 23.6. The van der Waals surface area contributed by atoms with Gasteiger partial charge in [0.1, 0.15) is 17.6 Å². The number of carbonyl (C=O) groups excluding carboxylic acids is 1. The smallest absolute Gasteiger partial charge is 0.338 e. The number of nitrogens with one attached hydrogen (secondary N) is 4. The number of aryl methyl sites for hydroxylation is 3. The van der Waals surface area contributed by atoms with Gasteiger partial charge in [-0.1, -0.05) is 26.5 Å². The summed E-state index contributed by atoms with van der Waals surface area (Å²) in [5, 5.41) is 63.9. The average Bonchev–Trinajstić information content (AvgIpc) is 4.03. The highest BCUT2D eigenvalue weighted by Crippen LogP contribution is 2.44. The molecule has 0 aliphatic carbocycles. The number of aromatic amines is 2. The second-order valence-corrected chi connectivity index (χ2v) is 17.8. The zero-order valence-electron chi connectivity index (χ0n) is 40.2. The lowest BCUT2D eigenvalue weighted by Gasteiger charge is -2.28. The zero-order chi connectivity index (χ0) is 52.3. The molecular formula is C47H63N9O14S. The van der Waals surface area contributed by atoms with E-state index in [0.29, 0.717) is 34.8 Å². The number of amides is 1. The maximum absolute atomic E-state index is 13.5. The number of thioether (sulfide) groups is 1. The molecule has 2 aliphatic heterocycles. The molecule has 5 unspecified atom stereocenters. The predicted molar refractivity (Wildman–Crippen MR) is 264 cm³/mol. The fourth-order valence-electron chi connectivity index (χ4n) is 8.46. The van der Waals surface area contributed by atoms with E-state index in [1.807, 2.05) is 39.8 Å². The van der Waals surface area contributed by atoms with Crippen LogP contribution in [0.25, 0.3) is 39.3 Å². The third kappa shape index (κ3) is 12.9. The lowest BCUT2D eigenvalue weighted by molar-refractivity contribution is -0.341. The molecule has 0 fully saturated rings. The number of ether oxygens (including phenoxy) is 2. The minimum atomic E-state index is -1.96. The van der Waals surface area contributed by atoms with Crippen molar-refractivity contribution in [2.75, 3.05) is 31.7 Å². The van der Waals surface area contributed by atoms with Crippen molar-refractivity contribution in [2.45, 2.75) is 96.9 Å². The van der Waals surface area contributed by atoms with Crippen molar-refractivity contribution in [3.05, 3.63) is 99.0 Å². The quantitative estimate of drug-likeness (QED) is 0.0189. The van der Waals surface area contributed by atoms with E-state index in [1.54, 1.807) is 19.1 Å². The molecule has 3 aromatic rings. The number of aliphatic hydroxyl groups is 3. The van der Waals surface area contributed by atoms with E-state index in [1.165, 1.54) is 18.9 Å². The first-order chi connectivity index (χ1) is 33.8. The summed E-state index contributed by atoms with van der Waals surface area (Å²) in [6.45, 7) is 13.5. The van der Waals surface area contributed by atoms with Crippen LogP contribution in [0.15, 0.2) is 48.4 Å². The minimum Gasteiger partial charge on any atom is -0.509 e. The summed E-state index contributed by atoms with van der Waals surface area (Å²) in [5.74, 6) is 0.752. The highest BCUT2D eigenvalue weighted by Gasteiger charge is 2.36. The highest BCUT2D eigenvalue weighted by atomic mass is 32.2. The predicted octanol–water partition coefficient (Wildman–Crippen LogP) is 3.72. The molecule has 24 heteroatoms. The van der Waals surface area contributed by atoms with Gasteiger partial charge >= 0.3 is 11.9 Å². The van der Waals surface area contributed by atoms with Gasteiger partial charge in [0.2, 0.25) is 18.5 Å². The number of allylic oxidation sites excluding steroid dienone is 1. The average molecular weight is 1010 g/mol. The van der Waals surface area contributed by atoms with Gasteiger partial charge < -0.3 is 66.6 Å². The Morgan fingerprint density at radius 1 is 1.01 bits per heavy atom. The Labute approximate surface area is 412 Å². The SMILES string of the molecule is C=Cc1c(C)c2cc3nc(c(CC(=O)O)c4nc(cc5[nH]c(cc1[nH]2)c(C)c5CC)C(C)=C4C(=O)O)C(CCC(=O)NCCSCC(OC)C(OO)C(O)O/C(=C\ON)NOC(O)/C(N)=C(/O)CN)[C@@H]3C. The molecule has 16 N–H and O–H groups in total. The summed E-state index contributed by atoms with van der Waals surface area (Å²) in [7, 11) is 1.30. The molecule has 71 heavy (non-hydrogen) atoms. The molecule has 2 aliphatic rings. The summed E-state index contributed by atoms with van der Waals surface area (Å²) in [5.41, 5.74) is 21.0. The van der Waals surface area contributed by atoms with Crippen LogP contribution in [0.1, 0.15) is 96.0 Å². The summed E-state index contributed by atoms with van der Waals surface area (Å²) in [6, 6.07) is 5.71. The number of aromatic nitrogens is 4. The second kappa shape index (κ2) is 25.1. The third-order valence-electron chi connectivity index (χ3n) is 12.4. The molecule has 3 aromatic heterocycles. The number of nitrogens with zero attached hydrogens (tertiary/aromatic N) is 2. The van der Waals surface area contributed by atoms with Crippen LogP contribution in [-0.4, -0.2) is 125 Å². The molecule has 1 amide bonds. The molecule has 0 spiro atoms. The molecule has 6 atom stereocenters. The number of fused-ring (bicyclic) bond motifs is 8. The Kier molecular flexibility index (Phi) is 19.6. The van der Waals surface area contributed by atoms with Crippen LogP contribution in [0, 0.1) is 13.8 Å². The number of aliphatic hydroxyl groups excluding tert-OH is 3. The maximum Gasteiger partial charge on any atom is 0.338 e. The molecule has 386 valence electrons. The molecule has 0 saturated carbocycles. The Morgan fingerprint density at radius 3 is 2.34 bits per heavy atom. The lowest BCUT2D eigenvalue weighted by Crippen LogP contribution is -2.44. The fraction of sp³-hybridized carbons (Fsp3) is 0.426. The van der Waals surface area contributed by atoms with Gasteiger partial charge in [0.05, 0.1) is 35.6 Å².